The van der Waals surface area contributed by atoms with Crippen molar-refractivity contribution in [3.8, 4) is 0 Å². The zero-order chi connectivity index (χ0) is 12.8. The molecule has 0 aliphatic heterocycles. The third kappa shape index (κ3) is 3.83. The molecule has 0 radical (unpaired) electrons. The Kier molecular flexibility index (Phi) is 5.11. The van der Waals surface area contributed by atoms with E-state index < -0.39 is 4.92 Å². The second-order valence-electron chi connectivity index (χ2n) is 3.61. The van der Waals surface area contributed by atoms with Crippen LogP contribution < -0.4 is 0 Å². The maximum absolute atomic E-state index is 10.8. The van der Waals surface area contributed by atoms with Crippen molar-refractivity contribution in [1.29, 1.82) is 0 Å². The van der Waals surface area contributed by atoms with Gasteiger partial charge in [-0.3, -0.25) is 10.1 Å². The fourth-order valence-electron chi connectivity index (χ4n) is 1.22. The van der Waals surface area contributed by atoms with E-state index in [-0.39, 0.29) is 11.7 Å². The first-order chi connectivity index (χ1) is 8.06. The molecule has 0 aliphatic rings. The predicted molar refractivity (Wildman–Crippen MR) is 66.9 cm³/mol. The lowest BCUT2D eigenvalue weighted by atomic mass is 10.3. The molecular formula is C11H14N2O3S. The van der Waals surface area contributed by atoms with E-state index in [4.69, 9.17) is 0 Å². The minimum absolute atomic E-state index is 0.0392. The van der Waals surface area contributed by atoms with E-state index in [1.807, 2.05) is 18.3 Å². The quantitative estimate of drug-likeness (QED) is 0.338. The summed E-state index contributed by atoms with van der Waals surface area (Å²) in [5, 5.41) is 10.8. The highest BCUT2D eigenvalue weighted by molar-refractivity contribution is 7.97. The Hall–Kier alpha value is -1.40. The second-order valence-corrected chi connectivity index (χ2v) is 4.81. The molecule has 92 valence electrons. The van der Waals surface area contributed by atoms with Crippen LogP contribution in [0.25, 0.3) is 0 Å². The normalized spacial score (nSPS) is 12.4. The van der Waals surface area contributed by atoms with Crippen molar-refractivity contribution in [2.24, 2.45) is 0 Å². The van der Waals surface area contributed by atoms with Gasteiger partial charge in [-0.1, -0.05) is 12.1 Å². The zero-order valence-corrected chi connectivity index (χ0v) is 10.5. The number of benzene rings is 1. The molecule has 0 fully saturated rings. The monoisotopic (exact) mass is 254 g/mol. The highest BCUT2D eigenvalue weighted by Crippen LogP contribution is 2.31. The molecule has 0 aliphatic carbocycles. The van der Waals surface area contributed by atoms with Gasteiger partial charge < -0.3 is 4.79 Å². The van der Waals surface area contributed by atoms with Gasteiger partial charge in [0.2, 0.25) is 0 Å². The van der Waals surface area contributed by atoms with Gasteiger partial charge in [0.15, 0.2) is 0 Å². The summed E-state index contributed by atoms with van der Waals surface area (Å²) in [6, 6.07) is 6.61. The van der Waals surface area contributed by atoms with E-state index in [1.54, 1.807) is 18.2 Å². The Bertz CT molecular complexity index is 411. The van der Waals surface area contributed by atoms with Crippen LogP contribution in [0.1, 0.15) is 13.3 Å². The van der Waals surface area contributed by atoms with Crippen molar-refractivity contribution in [2.75, 3.05) is 7.05 Å². The summed E-state index contributed by atoms with van der Waals surface area (Å²) >= 11 is 1.28. The molecular weight excluding hydrogens is 240 g/mol. The molecule has 0 N–H and O–H groups in total. The summed E-state index contributed by atoms with van der Waals surface area (Å²) < 4.78 is 1.84. The SMILES string of the molecule is C[C@H](CC=O)N(C)Sc1ccccc1[N+](=O)[O-]. The number of rotatable bonds is 6. The Labute approximate surface area is 104 Å². The van der Waals surface area contributed by atoms with Gasteiger partial charge in [0.1, 0.15) is 11.2 Å². The molecule has 0 amide bonds. The Balaban J connectivity index is 2.80. The van der Waals surface area contributed by atoms with Crippen molar-refractivity contribution in [2.45, 2.75) is 24.3 Å². The van der Waals surface area contributed by atoms with Gasteiger partial charge in [0.05, 0.1) is 4.92 Å². The van der Waals surface area contributed by atoms with Crippen LogP contribution in [-0.4, -0.2) is 28.6 Å². The number of carbonyl (C=O) groups excluding carboxylic acids is 1. The third-order valence-corrected chi connectivity index (χ3v) is 3.55. The van der Waals surface area contributed by atoms with Gasteiger partial charge in [-0.05, 0) is 32.0 Å². The van der Waals surface area contributed by atoms with Crippen LogP contribution in [0, 0.1) is 10.1 Å². The second kappa shape index (κ2) is 6.36. The van der Waals surface area contributed by atoms with Crippen LogP contribution in [0.3, 0.4) is 0 Å². The Morgan fingerprint density at radius 1 is 1.53 bits per heavy atom. The summed E-state index contributed by atoms with van der Waals surface area (Å²) in [5.41, 5.74) is 0.0858. The highest BCUT2D eigenvalue weighted by Gasteiger charge is 2.17. The molecule has 0 aromatic heterocycles. The first-order valence-corrected chi connectivity index (χ1v) is 5.91. The third-order valence-electron chi connectivity index (χ3n) is 2.36. The molecule has 0 bridgehead atoms. The van der Waals surface area contributed by atoms with Crippen LogP contribution >= 0.6 is 11.9 Å². The summed E-state index contributed by atoms with van der Waals surface area (Å²) in [4.78, 5) is 21.4. The van der Waals surface area contributed by atoms with Gasteiger partial charge in [0, 0.05) is 18.5 Å². The lowest BCUT2D eigenvalue weighted by Gasteiger charge is -2.21. The average Bonchev–Trinajstić information content (AvgIpc) is 2.29. The molecule has 0 unspecified atom stereocenters. The van der Waals surface area contributed by atoms with Crippen molar-refractivity contribution < 1.29 is 9.72 Å². The van der Waals surface area contributed by atoms with Crippen LogP contribution in [0.2, 0.25) is 0 Å². The summed E-state index contributed by atoms with van der Waals surface area (Å²) in [7, 11) is 1.82. The lowest BCUT2D eigenvalue weighted by Crippen LogP contribution is -2.22. The molecule has 0 spiro atoms. The Morgan fingerprint density at radius 2 is 2.18 bits per heavy atom. The fraction of sp³-hybridized carbons (Fsp3) is 0.364. The molecule has 17 heavy (non-hydrogen) atoms. The van der Waals surface area contributed by atoms with Crippen LogP contribution in [0.15, 0.2) is 29.2 Å². The van der Waals surface area contributed by atoms with Crippen LogP contribution in [0.5, 0.6) is 0 Å². The molecule has 0 saturated heterocycles. The molecule has 1 rings (SSSR count). The van der Waals surface area contributed by atoms with Crippen molar-refractivity contribution in [3.63, 3.8) is 0 Å². The van der Waals surface area contributed by atoms with Gasteiger partial charge in [-0.15, -0.1) is 0 Å². The van der Waals surface area contributed by atoms with E-state index in [9.17, 15) is 14.9 Å². The number of nitrogens with zero attached hydrogens (tertiary/aromatic N) is 2. The number of nitro benzene ring substituents is 1. The minimum atomic E-state index is -0.402. The smallest absolute Gasteiger partial charge is 0.284 e. The number of para-hydroxylation sites is 1. The standard InChI is InChI=1S/C11H14N2O3S/c1-9(7-8-14)12(2)17-11-6-4-3-5-10(11)13(15)16/h3-6,8-9H,7H2,1-2H3/t9-/m1/s1. The number of hydrogen-bond acceptors (Lipinski definition) is 5. The summed E-state index contributed by atoms with van der Waals surface area (Å²) in [6.07, 6.45) is 1.26. The molecule has 6 heteroatoms. The summed E-state index contributed by atoms with van der Waals surface area (Å²) in [6.45, 7) is 1.90. The van der Waals surface area contributed by atoms with Gasteiger partial charge in [0.25, 0.3) is 5.69 Å². The van der Waals surface area contributed by atoms with Crippen LogP contribution in [-0.2, 0) is 4.79 Å². The highest BCUT2D eigenvalue weighted by atomic mass is 32.2. The predicted octanol–water partition coefficient (Wildman–Crippen LogP) is 2.51. The number of carbonyl (C=O) groups is 1. The number of hydrogen-bond donors (Lipinski definition) is 0. The molecule has 1 atom stereocenters. The van der Waals surface area contributed by atoms with Crippen molar-refractivity contribution in [1.82, 2.24) is 4.31 Å². The molecule has 1 aromatic carbocycles. The van der Waals surface area contributed by atoms with E-state index in [0.29, 0.717) is 11.3 Å². The molecule has 0 saturated carbocycles. The van der Waals surface area contributed by atoms with Crippen molar-refractivity contribution in [3.05, 3.63) is 34.4 Å². The van der Waals surface area contributed by atoms with Gasteiger partial charge in [-0.2, -0.15) is 0 Å². The van der Waals surface area contributed by atoms with Gasteiger partial charge >= 0.3 is 0 Å². The maximum atomic E-state index is 10.8. The fourth-order valence-corrected chi connectivity index (χ4v) is 2.17. The van der Waals surface area contributed by atoms with E-state index >= 15 is 0 Å². The van der Waals surface area contributed by atoms with E-state index in [1.165, 1.54) is 18.0 Å². The Morgan fingerprint density at radius 3 is 2.76 bits per heavy atom. The first-order valence-electron chi connectivity index (χ1n) is 5.14. The first kappa shape index (κ1) is 13.7. The largest absolute Gasteiger partial charge is 0.303 e. The topological polar surface area (TPSA) is 63.5 Å². The minimum Gasteiger partial charge on any atom is -0.303 e. The van der Waals surface area contributed by atoms with Crippen molar-refractivity contribution >= 4 is 23.9 Å². The molecule has 5 nitrogen and oxygen atoms in total. The van der Waals surface area contributed by atoms with E-state index in [0.717, 1.165) is 6.29 Å². The molecule has 0 heterocycles. The molecule has 1 aromatic rings. The summed E-state index contributed by atoms with van der Waals surface area (Å²) in [5.74, 6) is 0. The lowest BCUT2D eigenvalue weighted by molar-refractivity contribution is -0.387. The zero-order valence-electron chi connectivity index (χ0n) is 9.70. The maximum Gasteiger partial charge on any atom is 0.284 e. The number of nitro groups is 1. The van der Waals surface area contributed by atoms with E-state index in [2.05, 4.69) is 0 Å². The average molecular weight is 254 g/mol. The van der Waals surface area contributed by atoms with Gasteiger partial charge in [-0.25, -0.2) is 4.31 Å². The van der Waals surface area contributed by atoms with Crippen LogP contribution in [0.4, 0.5) is 5.69 Å². The number of aldehydes is 1.